The number of para-hydroxylation sites is 2. The molecule has 0 unspecified atom stereocenters. The van der Waals surface area contributed by atoms with Gasteiger partial charge in [-0.3, -0.25) is 0 Å². The summed E-state index contributed by atoms with van der Waals surface area (Å²) in [4.78, 5) is 0. The van der Waals surface area contributed by atoms with Gasteiger partial charge in [-0.15, -0.1) is 0 Å². The molecular formula is C26H17FN2. The first kappa shape index (κ1) is 16.1. The summed E-state index contributed by atoms with van der Waals surface area (Å²) in [6, 6.07) is 32.0. The number of fused-ring (bicyclic) bond motifs is 5. The van der Waals surface area contributed by atoms with Crippen LogP contribution in [-0.4, -0.2) is 9.13 Å². The molecule has 2 heterocycles. The third-order valence-electron chi connectivity index (χ3n) is 5.59. The van der Waals surface area contributed by atoms with Gasteiger partial charge >= 0.3 is 0 Å². The first-order valence-corrected chi connectivity index (χ1v) is 9.66. The Labute approximate surface area is 167 Å². The van der Waals surface area contributed by atoms with Crippen molar-refractivity contribution in [2.75, 3.05) is 0 Å². The van der Waals surface area contributed by atoms with E-state index in [1.54, 1.807) is 6.07 Å². The van der Waals surface area contributed by atoms with Crippen molar-refractivity contribution in [1.82, 2.24) is 9.13 Å². The SMILES string of the molecule is Fc1ccc2c(c1)c1c3c(ccc1n2-c1ccccc1)ccn3-c1ccccc1. The van der Waals surface area contributed by atoms with Gasteiger partial charge in [0.1, 0.15) is 5.82 Å². The minimum absolute atomic E-state index is 0.223. The molecule has 0 aliphatic rings. The van der Waals surface area contributed by atoms with E-state index in [4.69, 9.17) is 0 Å². The third kappa shape index (κ3) is 2.34. The summed E-state index contributed by atoms with van der Waals surface area (Å²) in [5.41, 5.74) is 5.32. The molecule has 6 rings (SSSR count). The molecule has 0 atom stereocenters. The highest BCUT2D eigenvalue weighted by atomic mass is 19.1. The molecule has 0 saturated carbocycles. The van der Waals surface area contributed by atoms with Crippen LogP contribution in [0.25, 0.3) is 44.1 Å². The standard InChI is InChI=1S/C26H17FN2/c27-19-12-14-23-22(17-19)25-24(29(23)21-9-5-2-6-10-21)13-11-18-15-16-28(26(18)25)20-7-3-1-4-8-20/h1-17H. The van der Waals surface area contributed by atoms with E-state index in [0.717, 1.165) is 44.1 Å². The topological polar surface area (TPSA) is 9.86 Å². The summed E-state index contributed by atoms with van der Waals surface area (Å²) in [5.74, 6) is -0.223. The lowest BCUT2D eigenvalue weighted by Gasteiger charge is -2.09. The molecule has 0 bridgehead atoms. The second-order valence-corrected chi connectivity index (χ2v) is 7.25. The molecular weight excluding hydrogens is 359 g/mol. The lowest BCUT2D eigenvalue weighted by Crippen LogP contribution is -1.94. The molecule has 0 spiro atoms. The van der Waals surface area contributed by atoms with Crippen molar-refractivity contribution in [3.8, 4) is 11.4 Å². The number of hydrogen-bond donors (Lipinski definition) is 0. The van der Waals surface area contributed by atoms with Crippen molar-refractivity contribution in [2.24, 2.45) is 0 Å². The van der Waals surface area contributed by atoms with Gasteiger partial charge in [-0.1, -0.05) is 42.5 Å². The minimum atomic E-state index is -0.223. The summed E-state index contributed by atoms with van der Waals surface area (Å²) in [7, 11) is 0. The molecule has 2 nitrogen and oxygen atoms in total. The van der Waals surface area contributed by atoms with E-state index in [2.05, 4.69) is 57.8 Å². The molecule has 0 aliphatic carbocycles. The fraction of sp³-hybridized carbons (Fsp3) is 0. The van der Waals surface area contributed by atoms with Gasteiger partial charge in [0.05, 0.1) is 16.6 Å². The van der Waals surface area contributed by atoms with Gasteiger partial charge in [0.2, 0.25) is 0 Å². The number of benzene rings is 4. The van der Waals surface area contributed by atoms with Crippen LogP contribution in [0.3, 0.4) is 0 Å². The molecule has 0 saturated heterocycles. The summed E-state index contributed by atoms with van der Waals surface area (Å²) in [6.07, 6.45) is 2.09. The number of rotatable bonds is 2. The molecule has 29 heavy (non-hydrogen) atoms. The fourth-order valence-corrected chi connectivity index (χ4v) is 4.36. The Morgan fingerprint density at radius 1 is 0.621 bits per heavy atom. The Balaban J connectivity index is 1.84. The van der Waals surface area contributed by atoms with E-state index in [1.807, 2.05) is 42.5 Å². The van der Waals surface area contributed by atoms with Crippen LogP contribution in [0.5, 0.6) is 0 Å². The average Bonchev–Trinajstić information content (AvgIpc) is 3.33. The van der Waals surface area contributed by atoms with Crippen molar-refractivity contribution in [2.45, 2.75) is 0 Å². The van der Waals surface area contributed by atoms with Crippen molar-refractivity contribution in [3.05, 3.63) is 109 Å². The Hall–Kier alpha value is -3.85. The van der Waals surface area contributed by atoms with Crippen LogP contribution in [0.15, 0.2) is 103 Å². The van der Waals surface area contributed by atoms with E-state index in [0.29, 0.717) is 0 Å². The number of nitrogens with zero attached hydrogens (tertiary/aromatic N) is 2. The van der Waals surface area contributed by atoms with Crippen LogP contribution >= 0.6 is 0 Å². The van der Waals surface area contributed by atoms with Crippen molar-refractivity contribution in [3.63, 3.8) is 0 Å². The van der Waals surface area contributed by atoms with Crippen LogP contribution in [0.1, 0.15) is 0 Å². The monoisotopic (exact) mass is 376 g/mol. The van der Waals surface area contributed by atoms with E-state index < -0.39 is 0 Å². The molecule has 0 fully saturated rings. The maximum Gasteiger partial charge on any atom is 0.123 e. The first-order chi connectivity index (χ1) is 14.3. The summed E-state index contributed by atoms with van der Waals surface area (Å²) in [6.45, 7) is 0. The molecule has 6 aromatic rings. The maximum atomic E-state index is 14.3. The van der Waals surface area contributed by atoms with Crippen molar-refractivity contribution < 1.29 is 4.39 Å². The lowest BCUT2D eigenvalue weighted by atomic mass is 10.1. The lowest BCUT2D eigenvalue weighted by molar-refractivity contribution is 0.629. The molecule has 0 amide bonds. The zero-order valence-electron chi connectivity index (χ0n) is 15.6. The van der Waals surface area contributed by atoms with Gasteiger partial charge in [-0.25, -0.2) is 4.39 Å². The normalized spacial score (nSPS) is 11.6. The van der Waals surface area contributed by atoms with Crippen LogP contribution in [0, 0.1) is 5.82 Å². The predicted molar refractivity (Wildman–Crippen MR) is 118 cm³/mol. The molecule has 0 N–H and O–H groups in total. The van der Waals surface area contributed by atoms with Gasteiger partial charge in [0.25, 0.3) is 0 Å². The summed E-state index contributed by atoms with van der Waals surface area (Å²) < 4.78 is 18.7. The molecule has 3 heteroatoms. The Morgan fingerprint density at radius 3 is 2.07 bits per heavy atom. The third-order valence-corrected chi connectivity index (χ3v) is 5.59. The van der Waals surface area contributed by atoms with E-state index >= 15 is 0 Å². The fourth-order valence-electron chi connectivity index (χ4n) is 4.36. The highest BCUT2D eigenvalue weighted by molar-refractivity contribution is 6.20. The zero-order chi connectivity index (χ0) is 19.4. The molecule has 0 aliphatic heterocycles. The van der Waals surface area contributed by atoms with Crippen molar-refractivity contribution >= 4 is 32.7 Å². The Bertz CT molecular complexity index is 1490. The van der Waals surface area contributed by atoms with Gasteiger partial charge < -0.3 is 9.13 Å². The summed E-state index contributed by atoms with van der Waals surface area (Å²) in [5, 5.41) is 3.12. The smallest absolute Gasteiger partial charge is 0.123 e. The van der Waals surface area contributed by atoms with Gasteiger partial charge in [-0.2, -0.15) is 0 Å². The number of aromatic nitrogens is 2. The number of halogens is 1. The second-order valence-electron chi connectivity index (χ2n) is 7.25. The van der Waals surface area contributed by atoms with Gasteiger partial charge in [0.15, 0.2) is 0 Å². The van der Waals surface area contributed by atoms with Gasteiger partial charge in [-0.05, 0) is 54.6 Å². The largest absolute Gasteiger partial charge is 0.316 e. The van der Waals surface area contributed by atoms with Crippen LogP contribution in [-0.2, 0) is 0 Å². The Kier molecular flexibility index (Phi) is 3.38. The highest BCUT2D eigenvalue weighted by Gasteiger charge is 2.17. The predicted octanol–water partition coefficient (Wildman–Crippen LogP) is 6.87. The quantitative estimate of drug-likeness (QED) is 0.312. The molecule has 0 radical (unpaired) electrons. The van der Waals surface area contributed by atoms with E-state index in [9.17, 15) is 4.39 Å². The van der Waals surface area contributed by atoms with Crippen LogP contribution in [0.4, 0.5) is 4.39 Å². The van der Waals surface area contributed by atoms with E-state index in [-0.39, 0.29) is 5.82 Å². The molecule has 2 aromatic heterocycles. The first-order valence-electron chi connectivity index (χ1n) is 9.66. The second kappa shape index (κ2) is 6.08. The molecule has 138 valence electrons. The van der Waals surface area contributed by atoms with Crippen molar-refractivity contribution in [1.29, 1.82) is 0 Å². The van der Waals surface area contributed by atoms with Crippen LogP contribution < -0.4 is 0 Å². The average molecular weight is 376 g/mol. The van der Waals surface area contributed by atoms with Gasteiger partial charge in [0, 0.05) is 33.7 Å². The van der Waals surface area contributed by atoms with Crippen LogP contribution in [0.2, 0.25) is 0 Å². The summed E-state index contributed by atoms with van der Waals surface area (Å²) >= 11 is 0. The zero-order valence-corrected chi connectivity index (χ0v) is 15.6. The van der Waals surface area contributed by atoms with E-state index in [1.165, 1.54) is 6.07 Å². The Morgan fingerprint density at radius 2 is 1.31 bits per heavy atom. The number of hydrogen-bond acceptors (Lipinski definition) is 0. The highest BCUT2D eigenvalue weighted by Crippen LogP contribution is 2.38. The molecule has 4 aromatic carbocycles. The minimum Gasteiger partial charge on any atom is -0.316 e. The maximum absolute atomic E-state index is 14.3.